The first-order valence-corrected chi connectivity index (χ1v) is 13.6. The van der Waals surface area contributed by atoms with Gasteiger partial charge < -0.3 is 14.5 Å². The van der Waals surface area contributed by atoms with Crippen LogP contribution in [0.2, 0.25) is 0 Å². The fourth-order valence-corrected chi connectivity index (χ4v) is 6.00. The summed E-state index contributed by atoms with van der Waals surface area (Å²) < 4.78 is 62.3. The lowest BCUT2D eigenvalue weighted by molar-refractivity contribution is -0.0495. The predicted molar refractivity (Wildman–Crippen MR) is 136 cm³/mol. The summed E-state index contributed by atoms with van der Waals surface area (Å²) in [6.07, 6.45) is 2.95. The summed E-state index contributed by atoms with van der Waals surface area (Å²) in [5.41, 5.74) is 1.14. The zero-order chi connectivity index (χ0) is 25.9. The van der Waals surface area contributed by atoms with Crippen LogP contribution < -0.4 is 19.3 Å². The fourth-order valence-electron chi connectivity index (χ4n) is 4.13. The van der Waals surface area contributed by atoms with E-state index < -0.39 is 22.7 Å². The minimum absolute atomic E-state index is 0.117. The molecule has 13 heteroatoms. The number of halogens is 3. The SMILES string of the molecule is CC(NS(=O)(=O)c1ccc(Br)cc1N1CCN(c2ccccc2OC(F)F)CC1)C(C)n1cncn1. The Balaban J connectivity index is 1.52. The van der Waals surface area contributed by atoms with E-state index >= 15 is 0 Å². The van der Waals surface area contributed by atoms with Crippen LogP contribution in [0.1, 0.15) is 19.9 Å². The smallest absolute Gasteiger partial charge is 0.387 e. The highest BCUT2D eigenvalue weighted by Crippen LogP contribution is 2.33. The highest BCUT2D eigenvalue weighted by molar-refractivity contribution is 9.10. The summed E-state index contributed by atoms with van der Waals surface area (Å²) in [6, 6.07) is 11.0. The number of benzene rings is 2. The Kier molecular flexibility index (Phi) is 8.10. The van der Waals surface area contributed by atoms with Gasteiger partial charge in [0.2, 0.25) is 10.0 Å². The number of rotatable bonds is 9. The van der Waals surface area contributed by atoms with Crippen LogP contribution in [0.25, 0.3) is 0 Å². The van der Waals surface area contributed by atoms with Gasteiger partial charge in [-0.05, 0) is 44.2 Å². The topological polar surface area (TPSA) is 92.6 Å². The third kappa shape index (κ3) is 5.95. The molecule has 1 aliphatic rings. The van der Waals surface area contributed by atoms with Gasteiger partial charge >= 0.3 is 6.61 Å². The van der Waals surface area contributed by atoms with Gasteiger partial charge in [-0.15, -0.1) is 0 Å². The molecule has 1 aromatic heterocycles. The third-order valence-corrected chi connectivity index (χ3v) is 8.27. The second kappa shape index (κ2) is 11.1. The van der Waals surface area contributed by atoms with Crippen LogP contribution in [-0.4, -0.2) is 62.0 Å². The Bertz CT molecular complexity index is 1270. The van der Waals surface area contributed by atoms with Gasteiger partial charge in [-0.2, -0.15) is 13.9 Å². The van der Waals surface area contributed by atoms with Gasteiger partial charge in [0.05, 0.1) is 17.4 Å². The van der Waals surface area contributed by atoms with Crippen LogP contribution in [0, 0.1) is 0 Å². The van der Waals surface area contributed by atoms with E-state index in [9.17, 15) is 17.2 Å². The summed E-state index contributed by atoms with van der Waals surface area (Å²) >= 11 is 3.45. The van der Waals surface area contributed by atoms with Crippen molar-refractivity contribution in [2.24, 2.45) is 0 Å². The van der Waals surface area contributed by atoms with Crippen LogP contribution in [0.15, 0.2) is 64.5 Å². The zero-order valence-corrected chi connectivity index (χ0v) is 22.2. The Morgan fingerprint density at radius 3 is 2.33 bits per heavy atom. The molecular formula is C23H27BrF2N6O3S. The largest absolute Gasteiger partial charge is 0.433 e. The fraction of sp³-hybridized carbons (Fsp3) is 0.391. The van der Waals surface area contributed by atoms with Crippen molar-refractivity contribution in [1.29, 1.82) is 0 Å². The molecular weight excluding hydrogens is 558 g/mol. The van der Waals surface area contributed by atoms with Crippen molar-refractivity contribution in [3.8, 4) is 5.75 Å². The number of hydrogen-bond donors (Lipinski definition) is 1. The lowest BCUT2D eigenvalue weighted by atomic mass is 10.2. The van der Waals surface area contributed by atoms with Crippen LogP contribution in [0.4, 0.5) is 20.2 Å². The van der Waals surface area contributed by atoms with Crippen LogP contribution in [0.5, 0.6) is 5.75 Å². The molecule has 2 heterocycles. The predicted octanol–water partition coefficient (Wildman–Crippen LogP) is 3.90. The van der Waals surface area contributed by atoms with E-state index in [-0.39, 0.29) is 16.7 Å². The van der Waals surface area contributed by atoms with Gasteiger partial charge in [-0.3, -0.25) is 0 Å². The first-order chi connectivity index (χ1) is 17.2. The Labute approximate surface area is 217 Å². The normalized spacial score (nSPS) is 16.3. The van der Waals surface area contributed by atoms with E-state index in [2.05, 4.69) is 35.5 Å². The number of para-hydroxylation sites is 2. The quantitative estimate of drug-likeness (QED) is 0.408. The Morgan fingerprint density at radius 2 is 1.69 bits per heavy atom. The van der Waals surface area contributed by atoms with Gasteiger partial charge in [0, 0.05) is 36.7 Å². The number of anilines is 2. The average molecular weight is 585 g/mol. The van der Waals surface area contributed by atoms with Crippen molar-refractivity contribution >= 4 is 37.3 Å². The number of piperazine rings is 1. The van der Waals surface area contributed by atoms with Gasteiger partial charge in [0.1, 0.15) is 23.3 Å². The maximum absolute atomic E-state index is 13.4. The molecule has 0 spiro atoms. The molecule has 0 radical (unpaired) electrons. The standard InChI is InChI=1S/C23H27BrF2N6O3S/c1-16(17(2)32-15-27-14-28-32)29-36(33,34)22-8-7-18(24)13-20(22)31-11-9-30(10-12-31)19-5-3-4-6-21(19)35-23(25)26/h3-8,13-17,23,29H,9-12H2,1-2H3. The number of ether oxygens (including phenoxy) is 1. The molecule has 3 aromatic rings. The Hall–Kier alpha value is -2.77. The average Bonchev–Trinajstić information content (AvgIpc) is 3.38. The number of nitrogens with zero attached hydrogens (tertiary/aromatic N) is 5. The third-order valence-electron chi connectivity index (χ3n) is 6.17. The number of aromatic nitrogens is 3. The van der Waals surface area contributed by atoms with Crippen molar-refractivity contribution in [2.75, 3.05) is 36.0 Å². The minimum Gasteiger partial charge on any atom is -0.433 e. The molecule has 1 saturated heterocycles. The molecule has 0 bridgehead atoms. The van der Waals surface area contributed by atoms with Gasteiger partial charge in [-0.1, -0.05) is 28.1 Å². The summed E-state index contributed by atoms with van der Waals surface area (Å²) in [4.78, 5) is 8.03. The molecule has 194 valence electrons. The second-order valence-corrected chi connectivity index (χ2v) is 11.1. The van der Waals surface area contributed by atoms with Gasteiger partial charge in [0.25, 0.3) is 0 Å². The van der Waals surface area contributed by atoms with Crippen molar-refractivity contribution in [2.45, 2.75) is 37.4 Å². The molecule has 2 aromatic carbocycles. The summed E-state index contributed by atoms with van der Waals surface area (Å²) in [5.74, 6) is 0.117. The monoisotopic (exact) mass is 584 g/mol. The van der Waals surface area contributed by atoms with Crippen LogP contribution in [0.3, 0.4) is 0 Å². The number of alkyl halides is 2. The van der Waals surface area contributed by atoms with Crippen molar-refractivity contribution in [1.82, 2.24) is 19.5 Å². The first-order valence-electron chi connectivity index (χ1n) is 11.4. The molecule has 0 saturated carbocycles. The summed E-state index contributed by atoms with van der Waals surface area (Å²) in [7, 11) is -3.87. The zero-order valence-electron chi connectivity index (χ0n) is 19.8. The highest BCUT2D eigenvalue weighted by Gasteiger charge is 2.29. The molecule has 36 heavy (non-hydrogen) atoms. The van der Waals surface area contributed by atoms with Crippen molar-refractivity contribution in [3.63, 3.8) is 0 Å². The Morgan fingerprint density at radius 1 is 1.03 bits per heavy atom. The summed E-state index contributed by atoms with van der Waals surface area (Å²) in [6.45, 7) is 2.72. The van der Waals surface area contributed by atoms with Gasteiger partial charge in [0.15, 0.2) is 0 Å². The second-order valence-electron chi connectivity index (χ2n) is 8.46. The van der Waals surface area contributed by atoms with E-state index in [1.165, 1.54) is 12.4 Å². The molecule has 0 amide bonds. The lowest BCUT2D eigenvalue weighted by Gasteiger charge is -2.38. The summed E-state index contributed by atoms with van der Waals surface area (Å²) in [5, 5.41) is 4.10. The number of nitrogens with one attached hydrogen (secondary N) is 1. The first kappa shape index (κ1) is 26.3. The van der Waals surface area contributed by atoms with Crippen LogP contribution >= 0.6 is 15.9 Å². The molecule has 0 aliphatic carbocycles. The highest BCUT2D eigenvalue weighted by atomic mass is 79.9. The number of sulfonamides is 1. The molecule has 2 unspecified atom stereocenters. The maximum Gasteiger partial charge on any atom is 0.387 e. The molecule has 1 N–H and O–H groups in total. The molecule has 4 rings (SSSR count). The molecule has 2 atom stereocenters. The van der Waals surface area contributed by atoms with E-state index in [1.807, 2.05) is 16.7 Å². The maximum atomic E-state index is 13.4. The minimum atomic E-state index is -3.87. The molecule has 1 aliphatic heterocycles. The van der Waals surface area contributed by atoms with E-state index in [1.54, 1.807) is 54.3 Å². The lowest BCUT2D eigenvalue weighted by Crippen LogP contribution is -2.47. The molecule has 9 nitrogen and oxygen atoms in total. The number of hydrogen-bond acceptors (Lipinski definition) is 7. The van der Waals surface area contributed by atoms with E-state index in [4.69, 9.17) is 0 Å². The van der Waals surface area contributed by atoms with Crippen molar-refractivity contribution < 1.29 is 21.9 Å². The van der Waals surface area contributed by atoms with Crippen molar-refractivity contribution in [3.05, 3.63) is 59.6 Å². The van der Waals surface area contributed by atoms with E-state index in [0.717, 1.165) is 4.47 Å². The van der Waals surface area contributed by atoms with E-state index in [0.29, 0.717) is 37.6 Å². The van der Waals surface area contributed by atoms with Crippen LogP contribution in [-0.2, 0) is 10.0 Å². The van der Waals surface area contributed by atoms with Gasteiger partial charge in [-0.25, -0.2) is 22.8 Å². The molecule has 1 fully saturated rings.